The molecule has 0 saturated carbocycles. The van der Waals surface area contributed by atoms with E-state index in [1.54, 1.807) is 6.92 Å². The van der Waals surface area contributed by atoms with Gasteiger partial charge in [0.1, 0.15) is 18.7 Å². The first-order chi connectivity index (χ1) is 15.5. The zero-order chi connectivity index (χ0) is 22.7. The number of rotatable bonds is 6. The summed E-state index contributed by atoms with van der Waals surface area (Å²) in [6.45, 7) is 2.33. The van der Waals surface area contributed by atoms with E-state index < -0.39 is 24.1 Å². The molecule has 2 N–H and O–H groups in total. The molecule has 2 aliphatic rings. The summed E-state index contributed by atoms with van der Waals surface area (Å²) in [5, 5.41) is 12.1. The zero-order valence-electron chi connectivity index (χ0n) is 18.1. The number of carboxylic acids is 1. The van der Waals surface area contributed by atoms with Gasteiger partial charge in [-0.2, -0.15) is 0 Å². The minimum atomic E-state index is -1.01. The van der Waals surface area contributed by atoms with Crippen molar-refractivity contribution in [1.29, 1.82) is 0 Å². The molecule has 0 aromatic heterocycles. The summed E-state index contributed by atoms with van der Waals surface area (Å²) < 4.78 is 5.55. The van der Waals surface area contributed by atoms with Gasteiger partial charge >= 0.3 is 12.1 Å². The molecule has 32 heavy (non-hydrogen) atoms. The molecule has 0 unspecified atom stereocenters. The topological polar surface area (TPSA) is 95.9 Å². The smallest absolute Gasteiger partial charge is 0.407 e. The third-order valence-electron chi connectivity index (χ3n) is 6.41. The van der Waals surface area contributed by atoms with Crippen LogP contribution in [0.1, 0.15) is 49.7 Å². The Morgan fingerprint density at radius 2 is 1.69 bits per heavy atom. The number of hydrogen-bond donors (Lipinski definition) is 2. The molecular weight excluding hydrogens is 408 g/mol. The molecule has 2 atom stereocenters. The van der Waals surface area contributed by atoms with Crippen LogP contribution < -0.4 is 5.32 Å². The summed E-state index contributed by atoms with van der Waals surface area (Å²) in [6.07, 6.45) is 1.65. The third-order valence-corrected chi connectivity index (χ3v) is 6.41. The van der Waals surface area contributed by atoms with Crippen molar-refractivity contribution in [2.45, 2.75) is 50.6 Å². The molecule has 0 radical (unpaired) electrons. The summed E-state index contributed by atoms with van der Waals surface area (Å²) in [4.78, 5) is 38.5. The van der Waals surface area contributed by atoms with Crippen LogP contribution in [0.5, 0.6) is 0 Å². The second-order valence-corrected chi connectivity index (χ2v) is 8.31. The van der Waals surface area contributed by atoms with E-state index >= 15 is 0 Å². The number of hydrogen-bond acceptors (Lipinski definition) is 4. The van der Waals surface area contributed by atoms with Gasteiger partial charge in [-0.1, -0.05) is 55.5 Å². The number of amides is 2. The zero-order valence-corrected chi connectivity index (χ0v) is 18.1. The van der Waals surface area contributed by atoms with E-state index in [-0.39, 0.29) is 18.4 Å². The average Bonchev–Trinajstić information content (AvgIpc) is 3.14. The monoisotopic (exact) mass is 436 g/mol. The van der Waals surface area contributed by atoms with Crippen LogP contribution in [-0.4, -0.2) is 53.2 Å². The Labute approximate surface area is 187 Å². The molecule has 4 rings (SSSR count). The van der Waals surface area contributed by atoms with E-state index in [1.807, 2.05) is 36.4 Å². The standard InChI is InChI=1S/C25H28N2O5/c1-2-21(23(28)27-14-8-7-13-22(27)24(29)30)26-25(31)32-15-20-18-11-5-3-9-16(18)17-10-4-6-12-19(17)20/h3-6,9-12,20-22H,2,7-8,13-15H2,1H3,(H,26,31)(H,29,30)/t21-,22+/m1/s1. The highest BCUT2D eigenvalue weighted by atomic mass is 16.5. The maximum atomic E-state index is 13.0. The number of nitrogens with zero attached hydrogens (tertiary/aromatic N) is 1. The molecular formula is C25H28N2O5. The summed E-state index contributed by atoms with van der Waals surface area (Å²) in [6, 6.07) is 14.5. The SMILES string of the molecule is CC[C@@H](NC(=O)OCC1c2ccccc2-c2ccccc21)C(=O)N1CCCC[C@H]1C(=O)O. The van der Waals surface area contributed by atoms with Gasteiger partial charge in [0.25, 0.3) is 0 Å². The molecule has 0 bridgehead atoms. The van der Waals surface area contributed by atoms with Crippen molar-refractivity contribution in [1.82, 2.24) is 10.2 Å². The average molecular weight is 437 g/mol. The molecule has 1 aliphatic heterocycles. The van der Waals surface area contributed by atoms with E-state index in [1.165, 1.54) is 4.90 Å². The van der Waals surface area contributed by atoms with Crippen molar-refractivity contribution in [2.75, 3.05) is 13.2 Å². The van der Waals surface area contributed by atoms with Crippen molar-refractivity contribution in [3.05, 3.63) is 59.7 Å². The normalized spacial score (nSPS) is 18.4. The largest absolute Gasteiger partial charge is 0.480 e. The van der Waals surface area contributed by atoms with Crippen LogP contribution in [0.2, 0.25) is 0 Å². The fourth-order valence-corrected chi connectivity index (χ4v) is 4.77. The van der Waals surface area contributed by atoms with Crippen LogP contribution >= 0.6 is 0 Å². The number of likely N-dealkylation sites (tertiary alicyclic amines) is 1. The Morgan fingerprint density at radius 1 is 1.06 bits per heavy atom. The predicted molar refractivity (Wildman–Crippen MR) is 119 cm³/mol. The molecule has 1 heterocycles. The first kappa shape index (κ1) is 21.9. The fraction of sp³-hybridized carbons (Fsp3) is 0.400. The molecule has 7 nitrogen and oxygen atoms in total. The number of benzene rings is 2. The lowest BCUT2D eigenvalue weighted by Gasteiger charge is -2.35. The van der Waals surface area contributed by atoms with Crippen molar-refractivity contribution in [2.24, 2.45) is 0 Å². The highest BCUT2D eigenvalue weighted by Crippen LogP contribution is 2.44. The molecule has 1 aliphatic carbocycles. The lowest BCUT2D eigenvalue weighted by Crippen LogP contribution is -2.55. The van der Waals surface area contributed by atoms with Gasteiger partial charge in [0.2, 0.25) is 5.91 Å². The van der Waals surface area contributed by atoms with Gasteiger partial charge in [0, 0.05) is 12.5 Å². The number of aliphatic carboxylic acids is 1. The number of carbonyl (C=O) groups excluding carboxylic acids is 2. The predicted octanol–water partition coefficient (Wildman–Crippen LogP) is 3.77. The maximum Gasteiger partial charge on any atom is 0.407 e. The molecule has 2 amide bonds. The Balaban J connectivity index is 1.41. The molecule has 2 aromatic carbocycles. The molecule has 2 aromatic rings. The van der Waals surface area contributed by atoms with Crippen LogP contribution in [0.4, 0.5) is 4.79 Å². The molecule has 168 valence electrons. The Kier molecular flexibility index (Phi) is 6.44. The van der Waals surface area contributed by atoms with Crippen LogP contribution in [0.15, 0.2) is 48.5 Å². The number of alkyl carbamates (subject to hydrolysis) is 1. The van der Waals surface area contributed by atoms with E-state index in [2.05, 4.69) is 17.4 Å². The van der Waals surface area contributed by atoms with Gasteiger partial charge in [0.15, 0.2) is 0 Å². The number of fused-ring (bicyclic) bond motifs is 3. The molecule has 7 heteroatoms. The number of piperidine rings is 1. The van der Waals surface area contributed by atoms with E-state index in [4.69, 9.17) is 4.74 Å². The van der Waals surface area contributed by atoms with Crippen molar-refractivity contribution >= 4 is 18.0 Å². The van der Waals surface area contributed by atoms with Gasteiger partial charge in [-0.25, -0.2) is 9.59 Å². The minimum absolute atomic E-state index is 0.0672. The molecule has 0 spiro atoms. The second kappa shape index (κ2) is 9.42. The van der Waals surface area contributed by atoms with Crippen LogP contribution in [0.3, 0.4) is 0 Å². The lowest BCUT2D eigenvalue weighted by molar-refractivity contribution is -0.152. The Morgan fingerprint density at radius 3 is 2.28 bits per heavy atom. The van der Waals surface area contributed by atoms with Crippen molar-refractivity contribution in [3.63, 3.8) is 0 Å². The Hall–Kier alpha value is -3.35. The second-order valence-electron chi connectivity index (χ2n) is 8.31. The van der Waals surface area contributed by atoms with Gasteiger partial charge < -0.3 is 20.1 Å². The maximum absolute atomic E-state index is 13.0. The van der Waals surface area contributed by atoms with Crippen LogP contribution in [0.25, 0.3) is 11.1 Å². The summed E-state index contributed by atoms with van der Waals surface area (Å²) >= 11 is 0. The lowest BCUT2D eigenvalue weighted by atomic mass is 9.98. The van der Waals surface area contributed by atoms with Crippen molar-refractivity contribution < 1.29 is 24.2 Å². The van der Waals surface area contributed by atoms with Crippen LogP contribution in [-0.2, 0) is 14.3 Å². The summed E-state index contributed by atoms with van der Waals surface area (Å²) in [5.74, 6) is -1.44. The number of ether oxygens (including phenoxy) is 1. The fourth-order valence-electron chi connectivity index (χ4n) is 4.77. The van der Waals surface area contributed by atoms with E-state index in [0.717, 1.165) is 35.1 Å². The third kappa shape index (κ3) is 4.20. The Bertz CT molecular complexity index is 975. The van der Waals surface area contributed by atoms with Gasteiger partial charge in [-0.3, -0.25) is 4.79 Å². The number of nitrogens with one attached hydrogen (secondary N) is 1. The van der Waals surface area contributed by atoms with Crippen molar-refractivity contribution in [3.8, 4) is 11.1 Å². The first-order valence-corrected chi connectivity index (χ1v) is 11.2. The van der Waals surface area contributed by atoms with Gasteiger partial charge in [-0.15, -0.1) is 0 Å². The quantitative estimate of drug-likeness (QED) is 0.719. The number of carbonyl (C=O) groups is 3. The summed E-state index contributed by atoms with van der Waals surface area (Å²) in [7, 11) is 0. The minimum Gasteiger partial charge on any atom is -0.480 e. The highest BCUT2D eigenvalue weighted by Gasteiger charge is 2.36. The highest BCUT2D eigenvalue weighted by molar-refractivity contribution is 5.89. The van der Waals surface area contributed by atoms with Gasteiger partial charge in [-0.05, 0) is 47.9 Å². The summed E-state index contributed by atoms with van der Waals surface area (Å²) in [5.41, 5.74) is 4.51. The first-order valence-electron chi connectivity index (χ1n) is 11.2. The molecule has 1 saturated heterocycles. The van der Waals surface area contributed by atoms with Gasteiger partial charge in [0.05, 0.1) is 0 Å². The van der Waals surface area contributed by atoms with E-state index in [9.17, 15) is 19.5 Å². The van der Waals surface area contributed by atoms with E-state index in [0.29, 0.717) is 19.4 Å². The number of carboxylic acid groups (broad SMARTS) is 1. The van der Waals surface area contributed by atoms with Crippen LogP contribution in [0, 0.1) is 0 Å². The molecule has 1 fully saturated rings.